The third-order valence-electron chi connectivity index (χ3n) is 15.1. The second-order valence-electron chi connectivity index (χ2n) is 22.0. The van der Waals surface area contributed by atoms with Crippen molar-refractivity contribution in [3.05, 3.63) is 142 Å². The van der Waals surface area contributed by atoms with Crippen LogP contribution >= 0.6 is 0 Å². The number of hydrazone groups is 1. The number of carbonyl (C=O) groups excluding carboxylic acids is 8. The number of hydrogen-bond acceptors (Lipinski definition) is 15. The number of nitrogens with zero attached hydrogens (tertiary/aromatic N) is 5. The van der Waals surface area contributed by atoms with E-state index in [-0.39, 0.29) is 76.3 Å². The first-order valence-corrected chi connectivity index (χ1v) is 28.7. The lowest BCUT2D eigenvalue weighted by Crippen LogP contribution is -2.54. The molecule has 1 fully saturated rings. The zero-order valence-corrected chi connectivity index (χ0v) is 49.3. The van der Waals surface area contributed by atoms with E-state index in [1.165, 1.54) is 23.4 Å². The number of carbonyl (C=O) groups is 8. The number of benzene rings is 3. The van der Waals surface area contributed by atoms with Crippen LogP contribution in [0.2, 0.25) is 0 Å². The molecule has 8 atom stereocenters. The summed E-state index contributed by atoms with van der Waals surface area (Å²) in [5.74, 6) is -7.45. The predicted molar refractivity (Wildman–Crippen MR) is 317 cm³/mol. The maximum atomic E-state index is 14.9. The first kappa shape index (κ1) is 67.0. The van der Waals surface area contributed by atoms with Gasteiger partial charge in [-0.05, 0) is 81.2 Å². The number of ketones is 3. The highest BCUT2D eigenvalue weighted by Crippen LogP contribution is 2.27. The molecule has 3 aromatic carbocycles. The first-order valence-electron chi connectivity index (χ1n) is 28.7. The highest BCUT2D eigenvalue weighted by Gasteiger charge is 2.39. The normalized spacial score (nSPS) is 15.7. The van der Waals surface area contributed by atoms with Crippen molar-refractivity contribution >= 4 is 52.9 Å². The molecule has 0 saturated carbocycles. The van der Waals surface area contributed by atoms with E-state index in [1.54, 1.807) is 81.4 Å². The van der Waals surface area contributed by atoms with E-state index in [1.807, 2.05) is 44.2 Å². The highest BCUT2D eigenvalue weighted by atomic mass is 16.7. The summed E-state index contributed by atoms with van der Waals surface area (Å²) in [5, 5.41) is 37.4. The quantitative estimate of drug-likeness (QED) is 0.00611. The molecule has 4 amide bonds. The van der Waals surface area contributed by atoms with Crippen LogP contribution in [0.3, 0.4) is 0 Å². The number of esters is 1. The number of Topliss-reactive ketones (excluding diaryl/α,β-unsaturated/α-hetero) is 3. The van der Waals surface area contributed by atoms with Gasteiger partial charge in [0.1, 0.15) is 29.5 Å². The number of guanidine groups is 1. The van der Waals surface area contributed by atoms with Gasteiger partial charge in [-0.15, -0.1) is 0 Å². The molecular formula is C61H82N12O12. The number of ether oxygens (including phenoxy) is 1. The Morgan fingerprint density at radius 2 is 1.48 bits per heavy atom. The lowest BCUT2D eigenvalue weighted by Gasteiger charge is -2.32. The molecule has 0 aliphatic carbocycles. The number of aromatic amines is 1. The Bertz CT molecular complexity index is 2920. The van der Waals surface area contributed by atoms with Crippen molar-refractivity contribution < 1.29 is 53.2 Å². The van der Waals surface area contributed by atoms with Crippen LogP contribution in [0.25, 0.3) is 0 Å². The van der Waals surface area contributed by atoms with Crippen molar-refractivity contribution in [2.24, 2.45) is 34.5 Å². The van der Waals surface area contributed by atoms with Gasteiger partial charge in [0.15, 0.2) is 22.4 Å². The molecule has 85 heavy (non-hydrogen) atoms. The van der Waals surface area contributed by atoms with Gasteiger partial charge >= 0.3 is 5.97 Å². The van der Waals surface area contributed by atoms with Gasteiger partial charge in [0.05, 0.1) is 37.5 Å². The van der Waals surface area contributed by atoms with E-state index in [0.29, 0.717) is 48.3 Å². The van der Waals surface area contributed by atoms with Crippen LogP contribution in [-0.4, -0.2) is 146 Å². The zero-order valence-electron chi connectivity index (χ0n) is 49.3. The highest BCUT2D eigenvalue weighted by molar-refractivity contribution is 5.98. The summed E-state index contributed by atoms with van der Waals surface area (Å²) in [5.41, 5.74) is 8.43. The van der Waals surface area contributed by atoms with Gasteiger partial charge in [0.2, 0.25) is 23.6 Å². The predicted octanol–water partition coefficient (Wildman–Crippen LogP) is 4.12. The van der Waals surface area contributed by atoms with Crippen LogP contribution in [0.15, 0.2) is 115 Å². The van der Waals surface area contributed by atoms with Gasteiger partial charge in [-0.1, -0.05) is 113 Å². The van der Waals surface area contributed by atoms with Gasteiger partial charge in [-0.3, -0.25) is 38.5 Å². The number of hydrogen-bond donors (Lipinski definition) is 8. The van der Waals surface area contributed by atoms with Gasteiger partial charge in [-0.2, -0.15) is 0 Å². The number of nitrogens with one attached hydrogen (secondary N) is 6. The molecule has 1 unspecified atom stereocenters. The first-order chi connectivity index (χ1) is 40.5. The molecule has 1 saturated heterocycles. The van der Waals surface area contributed by atoms with Crippen molar-refractivity contribution in [1.82, 2.24) is 46.4 Å². The van der Waals surface area contributed by atoms with Crippen molar-refractivity contribution in [2.75, 3.05) is 33.2 Å². The van der Waals surface area contributed by atoms with Crippen LogP contribution in [0, 0.1) is 33.8 Å². The fourth-order valence-corrected chi connectivity index (χ4v) is 10.0. The van der Waals surface area contributed by atoms with E-state index in [2.05, 4.69) is 48.2 Å². The molecule has 5 rings (SSSR count). The van der Waals surface area contributed by atoms with Crippen molar-refractivity contribution in [3.63, 3.8) is 0 Å². The zero-order chi connectivity index (χ0) is 62.2. The fourth-order valence-electron chi connectivity index (χ4n) is 10.0. The molecule has 1 aliphatic heterocycles. The molecule has 0 bridgehead atoms. The summed E-state index contributed by atoms with van der Waals surface area (Å²) in [7, 11) is 1.58. The second-order valence-corrected chi connectivity index (χ2v) is 22.0. The molecule has 1 aliphatic rings. The number of amides is 4. The Hall–Kier alpha value is -8.80. The second kappa shape index (κ2) is 33.5. The summed E-state index contributed by atoms with van der Waals surface area (Å²) in [6.45, 7) is 13.1. The number of aromatic hydroxyl groups is 1. The SMILES string of the molecule is C=C(N[C@H](C)C(=O)OCc1ccccc1)[C@@H]1CCCN1C(=O)[C@H](Cc1cnc[nH]1)NC(=O)[C@@H](CC(=O)[C@H](Cc1ccc(O)cc1)NC(=O)[C@@H](CC(=O)[C@H](CCCN/C(N)=N\[N+](=O)[O-])NC(=O)CN(C)CC(=O)c1ccccc1)C(C)C)C(C)CC. The third-order valence-corrected chi connectivity index (χ3v) is 15.1. The number of phenols is 1. The smallest absolute Gasteiger partial charge is 0.328 e. The summed E-state index contributed by atoms with van der Waals surface area (Å²) < 4.78 is 5.53. The lowest BCUT2D eigenvalue weighted by atomic mass is 9.83. The lowest BCUT2D eigenvalue weighted by molar-refractivity contribution is -0.485. The maximum Gasteiger partial charge on any atom is 0.328 e. The topological polar surface area (TPSA) is 343 Å². The van der Waals surface area contributed by atoms with Crippen LogP contribution in [0.5, 0.6) is 5.75 Å². The van der Waals surface area contributed by atoms with E-state index in [0.717, 1.165) is 5.56 Å². The van der Waals surface area contributed by atoms with E-state index < -0.39 is 106 Å². The molecule has 24 nitrogen and oxygen atoms in total. The van der Waals surface area contributed by atoms with Gasteiger partial charge in [-0.25, -0.2) is 19.9 Å². The number of phenolic OH excluding ortho intramolecular Hbond substituents is 1. The number of imidazole rings is 1. The van der Waals surface area contributed by atoms with Crippen LogP contribution in [0.1, 0.15) is 107 Å². The van der Waals surface area contributed by atoms with Gasteiger partial charge in [0, 0.05) is 67.3 Å². The Labute approximate surface area is 495 Å². The standard InChI is InChI=1S/C61H82N12O12/c1-8-39(4)48(58(80)69-51(30-45-33-63-37-65-45)59(81)72-28-16-22-52(72)40(5)66-41(6)60(82)85-36-43-17-11-9-12-18-43)32-54(76)50(29-42-23-25-46(74)26-24-42)68-57(79)47(38(2)3)31-53(75)49(21-15-27-64-61(62)70-73(83)84)67-56(78)35-71(7)34-55(77)44-19-13-10-14-20-44/h9-14,17-20,23-26,33,37-39,41,47-52,66,74H,5,8,15-16,21-22,27-32,34-36H2,1-4,6-7H3,(H,63,65)(H,67,78)(H,68,79)(H,69,80)(H3,62,64,70)/t39?,41-,47+,48+,49+,50+,51+,52+/m1/s1. The van der Waals surface area contributed by atoms with E-state index >= 15 is 0 Å². The molecule has 4 aromatic rings. The van der Waals surface area contributed by atoms with E-state index in [4.69, 9.17) is 10.5 Å². The number of nitrogens with two attached hydrogens (primary N) is 1. The summed E-state index contributed by atoms with van der Waals surface area (Å²) in [6.07, 6.45) is 3.99. The molecule has 458 valence electrons. The average molecular weight is 1180 g/mol. The minimum Gasteiger partial charge on any atom is -0.508 e. The summed E-state index contributed by atoms with van der Waals surface area (Å²) in [4.78, 5) is 134. The minimum atomic E-state index is -1.25. The Morgan fingerprint density at radius 3 is 2.12 bits per heavy atom. The number of aromatic nitrogens is 2. The average Bonchev–Trinajstić information content (AvgIpc) is 4.00. The largest absolute Gasteiger partial charge is 0.508 e. The monoisotopic (exact) mass is 1170 g/mol. The van der Waals surface area contributed by atoms with E-state index in [9.17, 15) is 53.6 Å². The Morgan fingerprint density at radius 1 is 0.847 bits per heavy atom. The van der Waals surface area contributed by atoms with Crippen molar-refractivity contribution in [2.45, 2.75) is 129 Å². The van der Waals surface area contributed by atoms with Gasteiger partial charge < -0.3 is 52.0 Å². The summed E-state index contributed by atoms with van der Waals surface area (Å²) in [6, 6.07) is 19.0. The number of likely N-dealkylation sites (tertiary alicyclic amines) is 1. The molecule has 0 radical (unpaired) electrons. The van der Waals surface area contributed by atoms with Crippen LogP contribution < -0.4 is 32.3 Å². The summed E-state index contributed by atoms with van der Waals surface area (Å²) >= 11 is 0. The number of likely N-dealkylation sites (N-methyl/N-ethyl adjacent to an activating group) is 1. The number of nitro groups is 1. The van der Waals surface area contributed by atoms with Gasteiger partial charge in [0.25, 0.3) is 5.96 Å². The maximum absolute atomic E-state index is 14.9. The van der Waals surface area contributed by atoms with Crippen LogP contribution in [0.4, 0.5) is 0 Å². The molecule has 2 heterocycles. The molecule has 24 heteroatoms. The molecule has 0 spiro atoms. The number of rotatable bonds is 35. The fraction of sp³-hybridized carbons (Fsp3) is 0.475. The third kappa shape index (κ3) is 21.7. The Kier molecular flexibility index (Phi) is 26.4. The Balaban J connectivity index is 1.33. The minimum absolute atomic E-state index is 0.0100. The van der Waals surface area contributed by atoms with Crippen LogP contribution in [-0.2, 0) is 57.7 Å². The molecular weight excluding hydrogens is 1090 g/mol. The molecule has 1 aromatic heterocycles. The molecule has 9 N–H and O–H groups in total. The van der Waals surface area contributed by atoms with Crippen molar-refractivity contribution in [3.8, 4) is 5.75 Å². The van der Waals surface area contributed by atoms with Crippen molar-refractivity contribution in [1.29, 1.82) is 0 Å². The number of H-pyrrole nitrogens is 1.